The van der Waals surface area contributed by atoms with Gasteiger partial charge < -0.3 is 10.0 Å². The van der Waals surface area contributed by atoms with Gasteiger partial charge in [-0.05, 0) is 28.6 Å². The van der Waals surface area contributed by atoms with Gasteiger partial charge in [0, 0.05) is 13.1 Å². The SMILES string of the molecule is O=C(O)C1CN(C(=O)n2nnn(-c3cccc(F)c3)c2=O)C1. The number of halogens is 1. The maximum absolute atomic E-state index is 13.2. The largest absolute Gasteiger partial charge is 0.481 e. The molecule has 9 nitrogen and oxygen atoms in total. The molecule has 0 saturated carbocycles. The molecule has 0 spiro atoms. The van der Waals surface area contributed by atoms with Crippen molar-refractivity contribution in [2.24, 2.45) is 5.92 Å². The van der Waals surface area contributed by atoms with Gasteiger partial charge in [-0.15, -0.1) is 4.68 Å². The molecule has 0 bridgehead atoms. The van der Waals surface area contributed by atoms with E-state index in [0.29, 0.717) is 4.68 Å². The zero-order valence-electron chi connectivity index (χ0n) is 11.1. The first kappa shape index (κ1) is 13.9. The van der Waals surface area contributed by atoms with Crippen LogP contribution in [0.15, 0.2) is 29.1 Å². The van der Waals surface area contributed by atoms with E-state index in [-0.39, 0.29) is 18.8 Å². The summed E-state index contributed by atoms with van der Waals surface area (Å²) in [5.41, 5.74) is -0.717. The molecular weight excluding hydrogens is 297 g/mol. The zero-order chi connectivity index (χ0) is 15.9. The number of nitrogens with zero attached hydrogens (tertiary/aromatic N) is 5. The number of hydrogen-bond acceptors (Lipinski definition) is 5. The summed E-state index contributed by atoms with van der Waals surface area (Å²) in [5, 5.41) is 15.7. The van der Waals surface area contributed by atoms with Crippen molar-refractivity contribution >= 4 is 12.0 Å². The lowest BCUT2D eigenvalue weighted by molar-refractivity contribution is -0.146. The number of carboxylic acid groups (broad SMARTS) is 1. The van der Waals surface area contributed by atoms with Gasteiger partial charge in [-0.1, -0.05) is 6.07 Å². The lowest BCUT2D eigenvalue weighted by atomic mass is 10.0. The van der Waals surface area contributed by atoms with Crippen LogP contribution in [0, 0.1) is 11.7 Å². The van der Waals surface area contributed by atoms with Crippen LogP contribution in [-0.4, -0.2) is 54.9 Å². The minimum atomic E-state index is -1.00. The normalized spacial score (nSPS) is 14.7. The van der Waals surface area contributed by atoms with E-state index in [1.807, 2.05) is 0 Å². The van der Waals surface area contributed by atoms with Crippen LogP contribution in [0.1, 0.15) is 0 Å². The molecule has 10 heteroatoms. The third kappa shape index (κ3) is 2.24. The van der Waals surface area contributed by atoms with Crippen LogP contribution in [0.3, 0.4) is 0 Å². The molecule has 1 fully saturated rings. The van der Waals surface area contributed by atoms with Crippen LogP contribution in [0.4, 0.5) is 9.18 Å². The number of aromatic nitrogens is 4. The Kier molecular flexibility index (Phi) is 3.20. The molecule has 0 aliphatic carbocycles. The van der Waals surface area contributed by atoms with Crippen LogP contribution in [0.2, 0.25) is 0 Å². The van der Waals surface area contributed by atoms with Crippen LogP contribution in [-0.2, 0) is 4.79 Å². The fourth-order valence-electron chi connectivity index (χ4n) is 2.06. The lowest BCUT2D eigenvalue weighted by Crippen LogP contribution is -2.55. The number of carboxylic acids is 1. The average molecular weight is 307 g/mol. The van der Waals surface area contributed by atoms with Crippen LogP contribution in [0.5, 0.6) is 0 Å². The molecule has 0 unspecified atom stereocenters. The summed E-state index contributed by atoms with van der Waals surface area (Å²) in [5.74, 6) is -2.20. The first-order valence-electron chi connectivity index (χ1n) is 6.30. The number of hydrogen-bond donors (Lipinski definition) is 1. The highest BCUT2D eigenvalue weighted by atomic mass is 19.1. The zero-order valence-corrected chi connectivity index (χ0v) is 11.1. The molecule has 1 aliphatic rings. The Labute approximate surface area is 122 Å². The quantitative estimate of drug-likeness (QED) is 0.753. The van der Waals surface area contributed by atoms with Crippen LogP contribution < -0.4 is 5.69 Å². The predicted molar refractivity (Wildman–Crippen MR) is 69.1 cm³/mol. The van der Waals surface area contributed by atoms with E-state index in [1.54, 1.807) is 0 Å². The number of amides is 1. The fourth-order valence-corrected chi connectivity index (χ4v) is 2.06. The number of rotatable bonds is 2. The van der Waals surface area contributed by atoms with Crippen molar-refractivity contribution in [1.82, 2.24) is 24.7 Å². The standard InChI is InChI=1S/C12H10FN5O4/c13-8-2-1-3-9(4-8)17-12(22)18(15-14-17)11(21)16-5-7(6-16)10(19)20/h1-4,7H,5-6H2,(H,19,20). The lowest BCUT2D eigenvalue weighted by Gasteiger charge is -2.35. The predicted octanol–water partition coefficient (Wildman–Crippen LogP) is -0.447. The summed E-state index contributed by atoms with van der Waals surface area (Å²) in [4.78, 5) is 36.0. The summed E-state index contributed by atoms with van der Waals surface area (Å²) >= 11 is 0. The average Bonchev–Trinajstić information content (AvgIpc) is 2.78. The van der Waals surface area contributed by atoms with Gasteiger partial charge in [0.2, 0.25) is 0 Å². The van der Waals surface area contributed by atoms with Gasteiger partial charge in [0.05, 0.1) is 11.6 Å². The minimum absolute atomic E-state index is 0.00737. The maximum Gasteiger partial charge on any atom is 0.377 e. The Morgan fingerprint density at radius 1 is 1.27 bits per heavy atom. The summed E-state index contributed by atoms with van der Waals surface area (Å²) in [6.45, 7) is 0.0147. The summed E-state index contributed by atoms with van der Waals surface area (Å²) in [7, 11) is 0. The van der Waals surface area contributed by atoms with Crippen molar-refractivity contribution in [1.29, 1.82) is 0 Å². The molecule has 2 heterocycles. The molecule has 0 atom stereocenters. The van der Waals surface area contributed by atoms with E-state index in [2.05, 4.69) is 10.4 Å². The topological polar surface area (TPSA) is 110 Å². The van der Waals surface area contributed by atoms with Crippen LogP contribution >= 0.6 is 0 Å². The molecule has 3 rings (SSSR count). The second kappa shape index (κ2) is 5.06. The first-order valence-corrected chi connectivity index (χ1v) is 6.30. The van der Waals surface area contributed by atoms with Crippen molar-refractivity contribution in [3.05, 3.63) is 40.6 Å². The van der Waals surface area contributed by atoms with Crippen molar-refractivity contribution in [2.75, 3.05) is 13.1 Å². The van der Waals surface area contributed by atoms with E-state index in [4.69, 9.17) is 5.11 Å². The maximum atomic E-state index is 13.2. The number of aliphatic carboxylic acids is 1. The Morgan fingerprint density at radius 2 is 2.00 bits per heavy atom. The number of benzene rings is 1. The van der Waals surface area contributed by atoms with Gasteiger partial charge in [0.1, 0.15) is 5.82 Å². The van der Waals surface area contributed by atoms with E-state index in [0.717, 1.165) is 10.7 Å². The van der Waals surface area contributed by atoms with Gasteiger partial charge in [-0.3, -0.25) is 4.79 Å². The monoisotopic (exact) mass is 307 g/mol. The van der Waals surface area contributed by atoms with Crippen molar-refractivity contribution in [2.45, 2.75) is 0 Å². The Morgan fingerprint density at radius 3 is 2.64 bits per heavy atom. The molecule has 1 N–H and O–H groups in total. The second-order valence-electron chi connectivity index (χ2n) is 4.79. The van der Waals surface area contributed by atoms with Crippen molar-refractivity contribution < 1.29 is 19.1 Å². The van der Waals surface area contributed by atoms with Gasteiger partial charge >= 0.3 is 17.7 Å². The number of tetrazole rings is 1. The van der Waals surface area contributed by atoms with Crippen LogP contribution in [0.25, 0.3) is 5.69 Å². The van der Waals surface area contributed by atoms with E-state index in [1.165, 1.54) is 23.1 Å². The molecule has 114 valence electrons. The minimum Gasteiger partial charge on any atom is -0.481 e. The number of carbonyl (C=O) groups is 2. The van der Waals surface area contributed by atoms with E-state index >= 15 is 0 Å². The molecule has 1 aromatic heterocycles. The molecule has 1 aromatic carbocycles. The third-order valence-electron chi connectivity index (χ3n) is 3.32. The highest BCUT2D eigenvalue weighted by Gasteiger charge is 2.37. The Bertz CT molecular complexity index is 808. The number of carbonyl (C=O) groups excluding carboxylic acids is 1. The molecule has 0 radical (unpaired) electrons. The van der Waals surface area contributed by atoms with Gasteiger partial charge in [-0.2, -0.15) is 4.68 Å². The Balaban J connectivity index is 1.84. The van der Waals surface area contributed by atoms with E-state index < -0.39 is 29.4 Å². The molecule has 1 aliphatic heterocycles. The summed E-state index contributed by atoms with van der Waals surface area (Å²) < 4.78 is 14.5. The highest BCUT2D eigenvalue weighted by Crippen LogP contribution is 2.16. The molecular formula is C12H10FN5O4. The molecule has 22 heavy (non-hydrogen) atoms. The third-order valence-corrected chi connectivity index (χ3v) is 3.32. The smallest absolute Gasteiger partial charge is 0.377 e. The van der Waals surface area contributed by atoms with E-state index in [9.17, 15) is 18.8 Å². The summed E-state index contributed by atoms with van der Waals surface area (Å²) in [6, 6.07) is 4.36. The second-order valence-corrected chi connectivity index (χ2v) is 4.79. The summed E-state index contributed by atoms with van der Waals surface area (Å²) in [6.07, 6.45) is 0. The van der Waals surface area contributed by atoms with Crippen molar-refractivity contribution in [3.63, 3.8) is 0 Å². The van der Waals surface area contributed by atoms with Gasteiger partial charge in [-0.25, -0.2) is 14.0 Å². The van der Waals surface area contributed by atoms with Gasteiger partial charge in [0.15, 0.2) is 0 Å². The highest BCUT2D eigenvalue weighted by molar-refractivity contribution is 5.80. The van der Waals surface area contributed by atoms with Gasteiger partial charge in [0.25, 0.3) is 0 Å². The Hall–Kier alpha value is -3.04. The number of likely N-dealkylation sites (tertiary alicyclic amines) is 1. The molecule has 2 aromatic rings. The van der Waals surface area contributed by atoms with Crippen molar-refractivity contribution in [3.8, 4) is 5.69 Å². The first-order chi connectivity index (χ1) is 10.5. The fraction of sp³-hybridized carbons (Fsp3) is 0.250. The molecule has 1 saturated heterocycles. The molecule has 1 amide bonds.